The lowest BCUT2D eigenvalue weighted by atomic mass is 10.2. The highest BCUT2D eigenvalue weighted by Gasteiger charge is 2.25. The number of nitrogens with one attached hydrogen (secondary N) is 2. The van der Waals surface area contributed by atoms with Crippen molar-refractivity contribution in [2.75, 3.05) is 28.7 Å². The van der Waals surface area contributed by atoms with Crippen LogP contribution in [0.25, 0.3) is 0 Å². The molecule has 0 spiro atoms. The lowest BCUT2D eigenvalue weighted by Gasteiger charge is -2.24. The summed E-state index contributed by atoms with van der Waals surface area (Å²) in [6, 6.07) is 13.1. The molecule has 1 fully saturated rings. The van der Waals surface area contributed by atoms with Gasteiger partial charge in [0.05, 0.1) is 18.2 Å². The second-order valence-corrected chi connectivity index (χ2v) is 7.18. The Labute approximate surface area is 175 Å². The number of rotatable bonds is 7. The van der Waals surface area contributed by atoms with E-state index in [2.05, 4.69) is 30.5 Å². The van der Waals surface area contributed by atoms with E-state index in [4.69, 9.17) is 0 Å². The first-order chi connectivity index (χ1) is 14.7. The SMILES string of the molecule is O=C(Nc1ccc(CNc2cc(N3CCCC3CO)ncn2)cc1)c1cccnc1. The fraction of sp³-hybridized carbons (Fsp3) is 0.273. The van der Waals surface area contributed by atoms with Crippen LogP contribution >= 0.6 is 0 Å². The van der Waals surface area contributed by atoms with Crippen LogP contribution in [0.5, 0.6) is 0 Å². The second-order valence-electron chi connectivity index (χ2n) is 7.18. The molecule has 4 rings (SSSR count). The molecule has 3 N–H and O–H groups in total. The second kappa shape index (κ2) is 9.32. The maximum atomic E-state index is 12.2. The van der Waals surface area contributed by atoms with E-state index < -0.39 is 0 Å². The summed E-state index contributed by atoms with van der Waals surface area (Å²) in [7, 11) is 0. The average Bonchev–Trinajstić information content (AvgIpc) is 3.28. The highest BCUT2D eigenvalue weighted by molar-refractivity contribution is 6.03. The van der Waals surface area contributed by atoms with Crippen LogP contribution in [0.1, 0.15) is 28.8 Å². The minimum Gasteiger partial charge on any atom is -0.394 e. The van der Waals surface area contributed by atoms with Gasteiger partial charge >= 0.3 is 0 Å². The number of aliphatic hydroxyl groups excluding tert-OH is 1. The number of anilines is 3. The third kappa shape index (κ3) is 4.72. The van der Waals surface area contributed by atoms with E-state index in [1.807, 2.05) is 30.3 Å². The first-order valence-electron chi connectivity index (χ1n) is 9.96. The van der Waals surface area contributed by atoms with Gasteiger partial charge in [-0.1, -0.05) is 12.1 Å². The lowest BCUT2D eigenvalue weighted by Crippen LogP contribution is -2.32. The summed E-state index contributed by atoms with van der Waals surface area (Å²) in [6.45, 7) is 1.63. The number of benzene rings is 1. The number of pyridine rings is 1. The largest absolute Gasteiger partial charge is 0.394 e. The molecule has 1 saturated heterocycles. The normalized spacial score (nSPS) is 15.8. The van der Waals surface area contributed by atoms with Crippen molar-refractivity contribution < 1.29 is 9.90 Å². The fourth-order valence-corrected chi connectivity index (χ4v) is 3.53. The molecule has 8 heteroatoms. The van der Waals surface area contributed by atoms with Gasteiger partial charge in [0.15, 0.2) is 0 Å². The predicted molar refractivity (Wildman–Crippen MR) is 115 cm³/mol. The molecule has 8 nitrogen and oxygen atoms in total. The molecule has 1 aliphatic heterocycles. The number of carbonyl (C=O) groups is 1. The Kier molecular flexibility index (Phi) is 6.14. The summed E-state index contributed by atoms with van der Waals surface area (Å²) in [4.78, 5) is 26.9. The number of hydrogen-bond donors (Lipinski definition) is 3. The van der Waals surface area contributed by atoms with E-state index >= 15 is 0 Å². The van der Waals surface area contributed by atoms with Crippen molar-refractivity contribution in [2.24, 2.45) is 0 Å². The van der Waals surface area contributed by atoms with Crippen LogP contribution in [0.2, 0.25) is 0 Å². The van der Waals surface area contributed by atoms with E-state index in [1.165, 1.54) is 6.20 Å². The monoisotopic (exact) mass is 404 g/mol. The van der Waals surface area contributed by atoms with Crippen LogP contribution < -0.4 is 15.5 Å². The van der Waals surface area contributed by atoms with Gasteiger partial charge in [0.25, 0.3) is 5.91 Å². The zero-order valence-corrected chi connectivity index (χ0v) is 16.5. The van der Waals surface area contributed by atoms with Gasteiger partial charge in [0.2, 0.25) is 0 Å². The number of carbonyl (C=O) groups excluding carboxylic acids is 1. The van der Waals surface area contributed by atoms with Gasteiger partial charge in [-0.15, -0.1) is 0 Å². The van der Waals surface area contributed by atoms with E-state index in [-0.39, 0.29) is 18.6 Å². The Morgan fingerprint density at radius 1 is 1.20 bits per heavy atom. The average molecular weight is 404 g/mol. The maximum Gasteiger partial charge on any atom is 0.257 e. The molecular weight excluding hydrogens is 380 g/mol. The Hall–Kier alpha value is -3.52. The van der Waals surface area contributed by atoms with Crippen LogP contribution in [0.4, 0.5) is 17.3 Å². The molecule has 0 radical (unpaired) electrons. The van der Waals surface area contributed by atoms with Crippen molar-refractivity contribution in [2.45, 2.75) is 25.4 Å². The Bertz CT molecular complexity index is 980. The van der Waals surface area contributed by atoms with Gasteiger partial charge in [0.1, 0.15) is 18.0 Å². The molecule has 1 unspecified atom stereocenters. The lowest BCUT2D eigenvalue weighted by molar-refractivity contribution is 0.102. The van der Waals surface area contributed by atoms with Crippen molar-refractivity contribution in [1.29, 1.82) is 0 Å². The number of hydrogen-bond acceptors (Lipinski definition) is 7. The van der Waals surface area contributed by atoms with E-state index in [9.17, 15) is 9.90 Å². The standard InChI is InChI=1S/C22H24N6O2/c29-14-19-4-2-10-28(19)21-11-20(25-15-26-21)24-12-16-5-7-18(8-6-16)27-22(30)17-3-1-9-23-13-17/h1,3,5-9,11,13,15,19,29H,2,4,10,12,14H2,(H,27,30)(H,24,25,26). The fourth-order valence-electron chi connectivity index (χ4n) is 3.53. The molecule has 154 valence electrons. The summed E-state index contributed by atoms with van der Waals surface area (Å²) in [6.07, 6.45) is 6.75. The Morgan fingerprint density at radius 3 is 2.83 bits per heavy atom. The van der Waals surface area contributed by atoms with Crippen LogP contribution in [0.3, 0.4) is 0 Å². The zero-order valence-electron chi connectivity index (χ0n) is 16.5. The minimum absolute atomic E-state index is 0.127. The van der Waals surface area contributed by atoms with Crippen molar-refractivity contribution in [3.63, 3.8) is 0 Å². The van der Waals surface area contributed by atoms with Gasteiger partial charge in [-0.3, -0.25) is 9.78 Å². The molecule has 0 bridgehead atoms. The van der Waals surface area contributed by atoms with Crippen molar-refractivity contribution in [3.05, 3.63) is 72.3 Å². The Balaban J connectivity index is 1.34. The maximum absolute atomic E-state index is 12.2. The molecule has 1 aromatic carbocycles. The minimum atomic E-state index is -0.189. The van der Waals surface area contributed by atoms with Crippen molar-refractivity contribution in [3.8, 4) is 0 Å². The molecular formula is C22H24N6O2. The molecule has 1 aliphatic rings. The Morgan fingerprint density at radius 2 is 2.07 bits per heavy atom. The van der Waals surface area contributed by atoms with Crippen LogP contribution in [0.15, 0.2) is 61.2 Å². The highest BCUT2D eigenvalue weighted by atomic mass is 16.3. The van der Waals surface area contributed by atoms with E-state index in [0.717, 1.165) is 42.3 Å². The smallest absolute Gasteiger partial charge is 0.257 e. The molecule has 0 aliphatic carbocycles. The zero-order chi connectivity index (χ0) is 20.8. The molecule has 0 saturated carbocycles. The summed E-state index contributed by atoms with van der Waals surface area (Å²) >= 11 is 0. The summed E-state index contributed by atoms with van der Waals surface area (Å²) in [5, 5.41) is 15.7. The summed E-state index contributed by atoms with van der Waals surface area (Å²) in [5.41, 5.74) is 2.30. The van der Waals surface area contributed by atoms with Crippen molar-refractivity contribution in [1.82, 2.24) is 15.0 Å². The molecule has 3 aromatic rings. The van der Waals surface area contributed by atoms with Gasteiger partial charge in [-0.25, -0.2) is 9.97 Å². The van der Waals surface area contributed by atoms with Gasteiger partial charge in [-0.05, 0) is 42.7 Å². The third-order valence-corrected chi connectivity index (χ3v) is 5.14. The van der Waals surface area contributed by atoms with Crippen LogP contribution in [0, 0.1) is 0 Å². The molecule has 1 amide bonds. The molecule has 3 heterocycles. The summed E-state index contributed by atoms with van der Waals surface area (Å²) < 4.78 is 0. The van der Waals surface area contributed by atoms with E-state index in [0.29, 0.717) is 12.1 Å². The van der Waals surface area contributed by atoms with Crippen molar-refractivity contribution >= 4 is 23.2 Å². The van der Waals surface area contributed by atoms with Gasteiger partial charge in [-0.2, -0.15) is 0 Å². The van der Waals surface area contributed by atoms with Gasteiger partial charge in [0, 0.05) is 37.2 Å². The quantitative estimate of drug-likeness (QED) is 0.556. The molecule has 1 atom stereocenters. The first-order valence-corrected chi connectivity index (χ1v) is 9.96. The number of aromatic nitrogens is 3. The first kappa shape index (κ1) is 19.8. The van der Waals surface area contributed by atoms with E-state index in [1.54, 1.807) is 24.7 Å². The highest BCUT2D eigenvalue weighted by Crippen LogP contribution is 2.24. The summed E-state index contributed by atoms with van der Waals surface area (Å²) in [5.74, 6) is 1.38. The number of aliphatic hydroxyl groups is 1. The molecule has 2 aromatic heterocycles. The third-order valence-electron chi connectivity index (χ3n) is 5.14. The van der Waals surface area contributed by atoms with Crippen LogP contribution in [-0.4, -0.2) is 45.2 Å². The number of nitrogens with zero attached hydrogens (tertiary/aromatic N) is 4. The topological polar surface area (TPSA) is 103 Å². The predicted octanol–water partition coefficient (Wildman–Crippen LogP) is 2.70. The van der Waals surface area contributed by atoms with Gasteiger partial charge < -0.3 is 20.6 Å². The number of amides is 1. The van der Waals surface area contributed by atoms with Crippen LogP contribution in [-0.2, 0) is 6.54 Å². The molecule has 30 heavy (non-hydrogen) atoms.